The lowest BCUT2D eigenvalue weighted by Crippen LogP contribution is -2.55. The molecule has 1 aliphatic rings. The summed E-state index contributed by atoms with van der Waals surface area (Å²) in [5, 5.41) is 11.1. The summed E-state index contributed by atoms with van der Waals surface area (Å²) in [6, 6.07) is -1.34. The van der Waals surface area contributed by atoms with Crippen molar-refractivity contribution in [3.8, 4) is 0 Å². The summed E-state index contributed by atoms with van der Waals surface area (Å²) in [6.07, 6.45) is 2.30. The summed E-state index contributed by atoms with van der Waals surface area (Å²) in [6.45, 7) is 0.498. The molecule has 1 heterocycles. The molecule has 1 aliphatic heterocycles. The number of likely N-dealkylation sites (N-methyl/N-ethyl adjacent to an activating group) is 1. The van der Waals surface area contributed by atoms with Crippen LogP contribution in [0.25, 0.3) is 0 Å². The third-order valence-corrected chi connectivity index (χ3v) is 3.32. The fourth-order valence-electron chi connectivity index (χ4n) is 2.25. The van der Waals surface area contributed by atoms with Gasteiger partial charge in [0, 0.05) is 20.0 Å². The molecular weight excluding hydrogens is 250 g/mol. The molecule has 2 amide bonds. The minimum absolute atomic E-state index is 0.0884. The van der Waals surface area contributed by atoms with Crippen molar-refractivity contribution in [3.05, 3.63) is 0 Å². The Hall–Kier alpha value is -1.63. The largest absolute Gasteiger partial charge is 0.481 e. The van der Waals surface area contributed by atoms with Crippen LogP contribution in [0.15, 0.2) is 0 Å². The molecule has 2 unspecified atom stereocenters. The maximum Gasteiger partial charge on any atom is 0.303 e. The molecule has 0 aromatic rings. The number of carbonyl (C=O) groups is 3. The number of piperidine rings is 1. The number of carboxylic acids is 1. The summed E-state index contributed by atoms with van der Waals surface area (Å²) in [7, 11) is 1.53. The van der Waals surface area contributed by atoms with E-state index in [1.807, 2.05) is 0 Å². The summed E-state index contributed by atoms with van der Waals surface area (Å²) in [4.78, 5) is 35.9. The number of rotatable bonds is 5. The second-order valence-corrected chi connectivity index (χ2v) is 4.70. The van der Waals surface area contributed by atoms with Crippen molar-refractivity contribution in [3.63, 3.8) is 0 Å². The van der Waals surface area contributed by atoms with Gasteiger partial charge in [0.05, 0.1) is 6.04 Å². The predicted molar refractivity (Wildman–Crippen MR) is 68.3 cm³/mol. The number of amides is 2. The third-order valence-electron chi connectivity index (χ3n) is 3.32. The number of likely N-dealkylation sites (tertiary alicyclic amines) is 1. The van der Waals surface area contributed by atoms with E-state index in [1.54, 1.807) is 0 Å². The van der Waals surface area contributed by atoms with Crippen molar-refractivity contribution >= 4 is 17.8 Å². The topological polar surface area (TPSA) is 113 Å². The first-order chi connectivity index (χ1) is 8.97. The molecule has 0 aromatic heterocycles. The van der Waals surface area contributed by atoms with Crippen molar-refractivity contribution in [2.24, 2.45) is 5.73 Å². The van der Waals surface area contributed by atoms with Gasteiger partial charge in [0.15, 0.2) is 0 Å². The van der Waals surface area contributed by atoms with Crippen molar-refractivity contribution in [1.82, 2.24) is 10.2 Å². The molecule has 19 heavy (non-hydrogen) atoms. The van der Waals surface area contributed by atoms with E-state index in [4.69, 9.17) is 10.8 Å². The Morgan fingerprint density at radius 1 is 1.42 bits per heavy atom. The molecule has 1 fully saturated rings. The lowest BCUT2D eigenvalue weighted by atomic mass is 9.99. The van der Waals surface area contributed by atoms with Crippen LogP contribution in [0.5, 0.6) is 0 Å². The van der Waals surface area contributed by atoms with E-state index in [0.29, 0.717) is 13.0 Å². The SMILES string of the molecule is CNC(=O)C1CCCCN1C(=O)C(N)CCC(=O)O. The summed E-state index contributed by atoms with van der Waals surface area (Å²) in [5.41, 5.74) is 5.71. The number of carboxylic acid groups (broad SMARTS) is 1. The second kappa shape index (κ2) is 7.08. The molecule has 1 saturated heterocycles. The zero-order valence-electron chi connectivity index (χ0n) is 11.1. The zero-order chi connectivity index (χ0) is 14.4. The normalized spacial score (nSPS) is 20.7. The van der Waals surface area contributed by atoms with Gasteiger partial charge in [0.1, 0.15) is 6.04 Å². The number of hydrogen-bond donors (Lipinski definition) is 3. The highest BCUT2D eigenvalue weighted by Crippen LogP contribution is 2.18. The average molecular weight is 271 g/mol. The predicted octanol–water partition coefficient (Wildman–Crippen LogP) is -0.694. The molecule has 0 aliphatic carbocycles. The monoisotopic (exact) mass is 271 g/mol. The Morgan fingerprint density at radius 3 is 2.68 bits per heavy atom. The molecule has 108 valence electrons. The number of hydrogen-bond acceptors (Lipinski definition) is 4. The summed E-state index contributed by atoms with van der Waals surface area (Å²) < 4.78 is 0. The van der Waals surface area contributed by atoms with Crippen LogP contribution in [-0.4, -0.2) is 53.5 Å². The van der Waals surface area contributed by atoms with Crippen LogP contribution in [0.3, 0.4) is 0 Å². The molecule has 2 atom stereocenters. The zero-order valence-corrected chi connectivity index (χ0v) is 11.1. The first-order valence-electron chi connectivity index (χ1n) is 6.46. The van der Waals surface area contributed by atoms with E-state index in [2.05, 4.69) is 5.32 Å². The molecule has 0 aromatic carbocycles. The van der Waals surface area contributed by atoms with Gasteiger partial charge in [-0.3, -0.25) is 14.4 Å². The lowest BCUT2D eigenvalue weighted by Gasteiger charge is -2.35. The number of carbonyl (C=O) groups excluding carboxylic acids is 2. The van der Waals surface area contributed by atoms with Crippen molar-refractivity contribution in [2.45, 2.75) is 44.2 Å². The average Bonchev–Trinajstić information content (AvgIpc) is 2.42. The molecule has 0 bridgehead atoms. The highest BCUT2D eigenvalue weighted by Gasteiger charge is 2.33. The minimum atomic E-state index is -0.982. The maximum absolute atomic E-state index is 12.2. The fraction of sp³-hybridized carbons (Fsp3) is 0.750. The van der Waals surface area contributed by atoms with Gasteiger partial charge in [-0.1, -0.05) is 0 Å². The lowest BCUT2D eigenvalue weighted by molar-refractivity contribution is -0.143. The van der Waals surface area contributed by atoms with Gasteiger partial charge < -0.3 is 21.1 Å². The van der Waals surface area contributed by atoms with Crippen LogP contribution in [0.2, 0.25) is 0 Å². The Labute approximate surface area is 112 Å². The van der Waals surface area contributed by atoms with Crippen LogP contribution in [0.4, 0.5) is 0 Å². The van der Waals surface area contributed by atoms with Gasteiger partial charge in [-0.05, 0) is 25.7 Å². The third kappa shape index (κ3) is 4.20. The highest BCUT2D eigenvalue weighted by atomic mass is 16.4. The standard InChI is InChI=1S/C12H21N3O4/c1-14-11(18)9-4-2-3-7-15(9)12(19)8(13)5-6-10(16)17/h8-9H,2-7,13H2,1H3,(H,14,18)(H,16,17). The minimum Gasteiger partial charge on any atom is -0.481 e. The van der Waals surface area contributed by atoms with Gasteiger partial charge in [0.2, 0.25) is 11.8 Å². The summed E-state index contributed by atoms with van der Waals surface area (Å²) in [5.74, 6) is -1.52. The van der Waals surface area contributed by atoms with Crippen LogP contribution in [0.1, 0.15) is 32.1 Å². The van der Waals surface area contributed by atoms with E-state index in [-0.39, 0.29) is 24.7 Å². The van der Waals surface area contributed by atoms with E-state index < -0.39 is 18.1 Å². The summed E-state index contributed by atoms with van der Waals surface area (Å²) >= 11 is 0. The van der Waals surface area contributed by atoms with Crippen LogP contribution in [-0.2, 0) is 14.4 Å². The van der Waals surface area contributed by atoms with E-state index in [1.165, 1.54) is 11.9 Å². The Kier molecular flexibility index (Phi) is 5.75. The van der Waals surface area contributed by atoms with Gasteiger partial charge in [-0.15, -0.1) is 0 Å². The van der Waals surface area contributed by atoms with E-state index in [0.717, 1.165) is 12.8 Å². The van der Waals surface area contributed by atoms with Gasteiger partial charge in [-0.25, -0.2) is 0 Å². The Bertz CT molecular complexity index is 359. The maximum atomic E-state index is 12.2. The van der Waals surface area contributed by atoms with E-state index in [9.17, 15) is 14.4 Å². The quantitative estimate of drug-likeness (QED) is 0.612. The fourth-order valence-corrected chi connectivity index (χ4v) is 2.25. The number of nitrogens with one attached hydrogen (secondary N) is 1. The second-order valence-electron chi connectivity index (χ2n) is 4.70. The van der Waals surface area contributed by atoms with Crippen molar-refractivity contribution in [1.29, 1.82) is 0 Å². The smallest absolute Gasteiger partial charge is 0.303 e. The molecule has 7 heteroatoms. The van der Waals surface area contributed by atoms with Gasteiger partial charge in [-0.2, -0.15) is 0 Å². The van der Waals surface area contributed by atoms with Gasteiger partial charge >= 0.3 is 5.97 Å². The molecule has 7 nitrogen and oxygen atoms in total. The van der Waals surface area contributed by atoms with Crippen LogP contribution < -0.4 is 11.1 Å². The first kappa shape index (κ1) is 15.4. The molecule has 0 radical (unpaired) electrons. The Morgan fingerprint density at radius 2 is 2.11 bits per heavy atom. The molecule has 0 spiro atoms. The van der Waals surface area contributed by atoms with E-state index >= 15 is 0 Å². The molecule has 4 N–H and O–H groups in total. The number of nitrogens with zero attached hydrogens (tertiary/aromatic N) is 1. The van der Waals surface area contributed by atoms with Crippen LogP contribution in [0, 0.1) is 0 Å². The number of nitrogens with two attached hydrogens (primary N) is 1. The highest BCUT2D eigenvalue weighted by molar-refractivity contribution is 5.90. The first-order valence-corrected chi connectivity index (χ1v) is 6.46. The van der Waals surface area contributed by atoms with Crippen molar-refractivity contribution in [2.75, 3.05) is 13.6 Å². The number of aliphatic carboxylic acids is 1. The van der Waals surface area contributed by atoms with Crippen LogP contribution >= 0.6 is 0 Å². The van der Waals surface area contributed by atoms with Crippen molar-refractivity contribution < 1.29 is 19.5 Å². The molecular formula is C12H21N3O4. The Balaban J connectivity index is 2.65. The molecule has 0 saturated carbocycles. The van der Waals surface area contributed by atoms with Gasteiger partial charge in [0.25, 0.3) is 0 Å². The molecule has 1 rings (SSSR count).